The predicted octanol–water partition coefficient (Wildman–Crippen LogP) is 1.56. The standard InChI is InChI=1S/C20H25N5O4S/c21-30(28,29)18-8-6-16(7-9-18)22-19(26)14-25-12-10-17(11-13-25)24-20(27)23-15-4-2-1-3-5-15/h1-9,17H,10-14H2,(H,22,26)(H2,21,28,29)(H2,23,24,27). The van der Waals surface area contributed by atoms with Gasteiger partial charge in [0.1, 0.15) is 0 Å². The zero-order valence-corrected chi connectivity index (χ0v) is 17.2. The summed E-state index contributed by atoms with van der Waals surface area (Å²) in [6.07, 6.45) is 1.50. The Morgan fingerprint density at radius 1 is 0.933 bits per heavy atom. The zero-order chi connectivity index (χ0) is 21.6. The van der Waals surface area contributed by atoms with E-state index in [-0.39, 0.29) is 29.4 Å². The highest BCUT2D eigenvalue weighted by Gasteiger charge is 2.22. The first-order valence-corrected chi connectivity index (χ1v) is 11.1. The summed E-state index contributed by atoms with van der Waals surface area (Å²) in [5.41, 5.74) is 1.24. The van der Waals surface area contributed by atoms with E-state index < -0.39 is 10.0 Å². The molecule has 0 unspecified atom stereocenters. The molecule has 10 heteroatoms. The molecule has 3 rings (SSSR count). The summed E-state index contributed by atoms with van der Waals surface area (Å²) in [6.45, 7) is 1.60. The lowest BCUT2D eigenvalue weighted by Gasteiger charge is -2.31. The normalized spacial score (nSPS) is 15.4. The Morgan fingerprint density at radius 3 is 2.13 bits per heavy atom. The van der Waals surface area contributed by atoms with Crippen LogP contribution in [0.2, 0.25) is 0 Å². The van der Waals surface area contributed by atoms with E-state index in [4.69, 9.17) is 5.14 Å². The maximum atomic E-state index is 12.2. The number of nitrogens with two attached hydrogens (primary N) is 1. The Hall–Kier alpha value is -2.95. The molecule has 9 nitrogen and oxygen atoms in total. The van der Waals surface area contributed by atoms with Gasteiger partial charge in [-0.1, -0.05) is 18.2 Å². The van der Waals surface area contributed by atoms with Crippen molar-refractivity contribution in [2.75, 3.05) is 30.3 Å². The Bertz CT molecular complexity index is 972. The third-order valence-corrected chi connectivity index (χ3v) is 5.72. The summed E-state index contributed by atoms with van der Waals surface area (Å²) < 4.78 is 22.5. The number of sulfonamides is 1. The van der Waals surface area contributed by atoms with Crippen LogP contribution in [0.4, 0.5) is 16.2 Å². The van der Waals surface area contributed by atoms with Crippen molar-refractivity contribution in [3.05, 3.63) is 54.6 Å². The molecule has 5 N–H and O–H groups in total. The van der Waals surface area contributed by atoms with Crippen molar-refractivity contribution in [3.63, 3.8) is 0 Å². The number of benzene rings is 2. The highest BCUT2D eigenvalue weighted by molar-refractivity contribution is 7.89. The van der Waals surface area contributed by atoms with Crippen LogP contribution in [0, 0.1) is 0 Å². The summed E-state index contributed by atoms with van der Waals surface area (Å²) in [7, 11) is -3.76. The number of carbonyl (C=O) groups is 2. The molecule has 2 aromatic rings. The number of anilines is 2. The van der Waals surface area contributed by atoms with Gasteiger partial charge in [0, 0.05) is 30.5 Å². The van der Waals surface area contributed by atoms with Gasteiger partial charge in [-0.05, 0) is 49.2 Å². The number of primary sulfonamides is 1. The maximum Gasteiger partial charge on any atom is 0.319 e. The van der Waals surface area contributed by atoms with Gasteiger partial charge in [0.2, 0.25) is 15.9 Å². The van der Waals surface area contributed by atoms with Crippen LogP contribution in [-0.4, -0.2) is 50.9 Å². The molecule has 0 spiro atoms. The molecule has 30 heavy (non-hydrogen) atoms. The third kappa shape index (κ3) is 6.55. The Balaban J connectivity index is 1.40. The van der Waals surface area contributed by atoms with Crippen LogP contribution in [0.15, 0.2) is 59.5 Å². The Labute approximate surface area is 175 Å². The monoisotopic (exact) mass is 431 g/mol. The molecule has 160 valence electrons. The molecule has 0 radical (unpaired) electrons. The van der Waals surface area contributed by atoms with E-state index in [2.05, 4.69) is 16.0 Å². The molecule has 3 amide bonds. The van der Waals surface area contributed by atoms with Crippen LogP contribution < -0.4 is 21.1 Å². The predicted molar refractivity (Wildman–Crippen MR) is 115 cm³/mol. The van der Waals surface area contributed by atoms with Gasteiger partial charge in [-0.15, -0.1) is 0 Å². The smallest absolute Gasteiger partial charge is 0.319 e. The van der Waals surface area contributed by atoms with E-state index in [1.165, 1.54) is 24.3 Å². The highest BCUT2D eigenvalue weighted by Crippen LogP contribution is 2.14. The van der Waals surface area contributed by atoms with Crippen molar-refractivity contribution in [2.24, 2.45) is 5.14 Å². The molecule has 2 aromatic carbocycles. The number of carbonyl (C=O) groups excluding carboxylic acids is 2. The van der Waals surface area contributed by atoms with Gasteiger partial charge in [0.05, 0.1) is 11.4 Å². The van der Waals surface area contributed by atoms with Crippen molar-refractivity contribution in [3.8, 4) is 0 Å². The molecule has 1 saturated heterocycles. The lowest BCUT2D eigenvalue weighted by molar-refractivity contribution is -0.117. The summed E-state index contributed by atoms with van der Waals surface area (Å²) in [4.78, 5) is 26.3. The van der Waals surface area contributed by atoms with Gasteiger partial charge in [-0.25, -0.2) is 18.4 Å². The number of likely N-dealkylation sites (tertiary alicyclic amines) is 1. The lowest BCUT2D eigenvalue weighted by atomic mass is 10.1. The number of rotatable bonds is 6. The quantitative estimate of drug-likeness (QED) is 0.551. The average molecular weight is 432 g/mol. The second-order valence-corrected chi connectivity index (χ2v) is 8.69. The van der Waals surface area contributed by atoms with E-state index >= 15 is 0 Å². The summed E-state index contributed by atoms with van der Waals surface area (Å²) >= 11 is 0. The molecule has 0 atom stereocenters. The molecule has 0 aliphatic carbocycles. The number of nitrogens with one attached hydrogen (secondary N) is 3. The van der Waals surface area contributed by atoms with E-state index in [9.17, 15) is 18.0 Å². The topological polar surface area (TPSA) is 134 Å². The molecule has 0 bridgehead atoms. The fourth-order valence-electron chi connectivity index (χ4n) is 3.24. The minimum absolute atomic E-state index is 0.00799. The fraction of sp³-hybridized carbons (Fsp3) is 0.300. The number of nitrogens with zero attached hydrogens (tertiary/aromatic N) is 1. The van der Waals surface area contributed by atoms with E-state index in [0.717, 1.165) is 18.5 Å². The van der Waals surface area contributed by atoms with Crippen LogP contribution in [0.5, 0.6) is 0 Å². The zero-order valence-electron chi connectivity index (χ0n) is 16.4. The molecule has 1 aliphatic heterocycles. The number of urea groups is 1. The van der Waals surface area contributed by atoms with E-state index in [1.54, 1.807) is 0 Å². The van der Waals surface area contributed by atoms with Gasteiger partial charge >= 0.3 is 6.03 Å². The van der Waals surface area contributed by atoms with Crippen molar-refractivity contribution in [1.82, 2.24) is 10.2 Å². The van der Waals surface area contributed by atoms with Crippen LogP contribution in [-0.2, 0) is 14.8 Å². The fourth-order valence-corrected chi connectivity index (χ4v) is 3.76. The van der Waals surface area contributed by atoms with Gasteiger partial charge in [0.25, 0.3) is 0 Å². The number of hydrogen-bond acceptors (Lipinski definition) is 5. The van der Waals surface area contributed by atoms with Gasteiger partial charge < -0.3 is 16.0 Å². The first-order valence-electron chi connectivity index (χ1n) is 9.57. The Morgan fingerprint density at radius 2 is 1.53 bits per heavy atom. The van der Waals surface area contributed by atoms with Crippen molar-refractivity contribution < 1.29 is 18.0 Å². The Kier molecular flexibility index (Phi) is 7.03. The van der Waals surface area contributed by atoms with Gasteiger partial charge in [-0.2, -0.15) is 0 Å². The maximum absolute atomic E-state index is 12.2. The van der Waals surface area contributed by atoms with Crippen LogP contribution in [0.25, 0.3) is 0 Å². The average Bonchev–Trinajstić information content (AvgIpc) is 2.70. The molecule has 1 fully saturated rings. The summed E-state index contributed by atoms with van der Waals surface area (Å²) in [5.74, 6) is -0.188. The number of hydrogen-bond donors (Lipinski definition) is 4. The summed E-state index contributed by atoms with van der Waals surface area (Å²) in [5, 5.41) is 13.6. The largest absolute Gasteiger partial charge is 0.335 e. The highest BCUT2D eigenvalue weighted by atomic mass is 32.2. The van der Waals surface area contributed by atoms with Crippen LogP contribution in [0.3, 0.4) is 0 Å². The molecule has 1 aliphatic rings. The van der Waals surface area contributed by atoms with E-state index in [0.29, 0.717) is 18.8 Å². The number of amides is 3. The molecule has 0 aromatic heterocycles. The minimum Gasteiger partial charge on any atom is -0.335 e. The van der Waals surface area contributed by atoms with E-state index in [1.807, 2.05) is 35.2 Å². The summed E-state index contributed by atoms with van der Waals surface area (Å²) in [6, 6.07) is 14.8. The second-order valence-electron chi connectivity index (χ2n) is 7.13. The molecular weight excluding hydrogens is 406 g/mol. The van der Waals surface area contributed by atoms with Crippen molar-refractivity contribution in [2.45, 2.75) is 23.8 Å². The second kappa shape index (κ2) is 9.70. The van der Waals surface area contributed by atoms with Crippen LogP contribution >= 0.6 is 0 Å². The molecular formula is C20H25N5O4S. The van der Waals surface area contributed by atoms with Crippen LogP contribution in [0.1, 0.15) is 12.8 Å². The minimum atomic E-state index is -3.76. The number of piperidine rings is 1. The molecule has 1 heterocycles. The first kappa shape index (κ1) is 21.8. The van der Waals surface area contributed by atoms with Gasteiger partial charge in [0.15, 0.2) is 0 Å². The SMILES string of the molecule is NS(=O)(=O)c1ccc(NC(=O)CN2CCC(NC(=O)Nc3ccccc3)CC2)cc1. The number of para-hydroxylation sites is 1. The third-order valence-electron chi connectivity index (χ3n) is 4.79. The van der Waals surface area contributed by atoms with Crippen molar-refractivity contribution in [1.29, 1.82) is 0 Å². The molecule has 0 saturated carbocycles. The first-order chi connectivity index (χ1) is 14.3. The van der Waals surface area contributed by atoms with Gasteiger partial charge in [-0.3, -0.25) is 9.69 Å². The lowest BCUT2D eigenvalue weighted by Crippen LogP contribution is -2.47. The van der Waals surface area contributed by atoms with Crippen molar-refractivity contribution >= 4 is 33.3 Å².